The number of hydrogen-bond acceptors (Lipinski definition) is 6. The van der Waals surface area contributed by atoms with Gasteiger partial charge in [0.1, 0.15) is 12.4 Å². The molecule has 1 aromatic heterocycles. The molecule has 1 aliphatic rings. The number of amides is 1. The Labute approximate surface area is 222 Å². The first-order valence-electron chi connectivity index (χ1n) is 11.3. The van der Waals surface area contributed by atoms with Crippen LogP contribution in [-0.2, 0) is 22.4 Å². The Bertz CT molecular complexity index is 1330. The number of aromatic nitrogens is 1. The molecular weight excluding hydrogens is 523 g/mol. The monoisotopic (exact) mass is 546 g/mol. The summed E-state index contributed by atoms with van der Waals surface area (Å²) in [6.07, 6.45) is 2.98. The van der Waals surface area contributed by atoms with Crippen LogP contribution in [0.2, 0.25) is 10.0 Å². The smallest absolute Gasteiger partial charge is 0.331 e. The third kappa shape index (κ3) is 5.73. The van der Waals surface area contributed by atoms with E-state index < -0.39 is 11.9 Å². The highest BCUT2D eigenvalue weighted by molar-refractivity contribution is 7.16. The van der Waals surface area contributed by atoms with Crippen LogP contribution in [0.3, 0.4) is 0 Å². The molecule has 0 fully saturated rings. The summed E-state index contributed by atoms with van der Waals surface area (Å²) in [7, 11) is 0. The van der Waals surface area contributed by atoms with Crippen molar-refractivity contribution in [1.82, 2.24) is 4.98 Å². The van der Waals surface area contributed by atoms with Crippen LogP contribution in [0.25, 0.3) is 17.3 Å². The summed E-state index contributed by atoms with van der Waals surface area (Å²) in [5.41, 5.74) is 3.60. The van der Waals surface area contributed by atoms with E-state index in [4.69, 9.17) is 42.8 Å². The van der Waals surface area contributed by atoms with E-state index in [2.05, 4.69) is 5.32 Å². The number of carboxylic acids is 1. The predicted octanol–water partition coefficient (Wildman–Crippen LogP) is 6.37. The molecular formula is C26H24Cl2N2O5S. The first-order chi connectivity index (χ1) is 17.3. The minimum absolute atomic E-state index is 0.0764. The number of hydrogen-bond donors (Lipinski definition) is 2. The topological polar surface area (TPSA) is 97.8 Å². The second kappa shape index (κ2) is 11.4. The molecule has 4 rings (SSSR count). The number of anilines is 1. The molecule has 0 spiro atoms. The number of ether oxygens (including phenoxy) is 2. The second-order valence-electron chi connectivity index (χ2n) is 8.06. The molecule has 0 aliphatic heterocycles. The lowest BCUT2D eigenvalue weighted by atomic mass is 9.93. The summed E-state index contributed by atoms with van der Waals surface area (Å²) in [5.74, 6) is -0.668. The Morgan fingerprint density at radius 2 is 1.94 bits per heavy atom. The SMILES string of the molecule is CCOCCOc1cccc2c1CCc1sc(NC(=O)c3cc(Cl)c(C=C(C)C(=O)O)c(Cl)c3)nc1-2. The predicted molar refractivity (Wildman–Crippen MR) is 143 cm³/mol. The molecule has 0 saturated carbocycles. The van der Waals surface area contributed by atoms with Gasteiger partial charge in [0, 0.05) is 39.3 Å². The van der Waals surface area contributed by atoms with Crippen molar-refractivity contribution < 1.29 is 24.2 Å². The number of benzene rings is 2. The van der Waals surface area contributed by atoms with E-state index >= 15 is 0 Å². The zero-order valence-corrected chi connectivity index (χ0v) is 22.0. The number of fused-ring (bicyclic) bond motifs is 3. The molecule has 3 aromatic rings. The van der Waals surface area contributed by atoms with E-state index in [1.807, 2.05) is 25.1 Å². The lowest BCUT2D eigenvalue weighted by molar-refractivity contribution is -0.132. The molecule has 2 N–H and O–H groups in total. The zero-order valence-electron chi connectivity index (χ0n) is 19.7. The van der Waals surface area contributed by atoms with E-state index in [-0.39, 0.29) is 21.2 Å². The quantitative estimate of drug-likeness (QED) is 0.239. The summed E-state index contributed by atoms with van der Waals surface area (Å²) in [6, 6.07) is 8.82. The van der Waals surface area contributed by atoms with Crippen molar-refractivity contribution in [3.8, 4) is 17.0 Å². The summed E-state index contributed by atoms with van der Waals surface area (Å²) in [5, 5.41) is 12.8. The summed E-state index contributed by atoms with van der Waals surface area (Å²) >= 11 is 14.0. The first-order valence-corrected chi connectivity index (χ1v) is 12.9. The van der Waals surface area contributed by atoms with Crippen molar-refractivity contribution >= 4 is 57.6 Å². The molecule has 1 heterocycles. The van der Waals surface area contributed by atoms with Gasteiger partial charge in [0.2, 0.25) is 0 Å². The van der Waals surface area contributed by atoms with Crippen LogP contribution in [0.4, 0.5) is 5.13 Å². The Kier molecular flexibility index (Phi) is 8.31. The summed E-state index contributed by atoms with van der Waals surface area (Å²) in [4.78, 5) is 29.8. The average molecular weight is 547 g/mol. The normalized spacial score (nSPS) is 12.6. The van der Waals surface area contributed by atoms with Gasteiger partial charge in [-0.15, -0.1) is 11.3 Å². The number of nitrogens with one attached hydrogen (secondary N) is 1. The Morgan fingerprint density at radius 3 is 2.64 bits per heavy atom. The van der Waals surface area contributed by atoms with Crippen LogP contribution < -0.4 is 10.1 Å². The minimum atomic E-state index is -1.08. The molecule has 2 aromatic carbocycles. The van der Waals surface area contributed by atoms with E-state index in [9.17, 15) is 9.59 Å². The van der Waals surface area contributed by atoms with Crippen LogP contribution >= 0.6 is 34.5 Å². The molecule has 0 bridgehead atoms. The highest BCUT2D eigenvalue weighted by atomic mass is 35.5. The number of nitrogens with zero attached hydrogens (tertiary/aromatic N) is 1. The van der Waals surface area contributed by atoms with Gasteiger partial charge in [0.25, 0.3) is 5.91 Å². The van der Waals surface area contributed by atoms with Gasteiger partial charge in [-0.1, -0.05) is 35.3 Å². The van der Waals surface area contributed by atoms with Crippen molar-refractivity contribution in [2.75, 3.05) is 25.1 Å². The van der Waals surface area contributed by atoms with Gasteiger partial charge in [0.05, 0.1) is 22.3 Å². The lowest BCUT2D eigenvalue weighted by Gasteiger charge is -2.19. The fraction of sp³-hybridized carbons (Fsp3) is 0.269. The average Bonchev–Trinajstić information content (AvgIpc) is 3.26. The second-order valence-corrected chi connectivity index (χ2v) is 9.96. The Morgan fingerprint density at radius 1 is 1.19 bits per heavy atom. The maximum atomic E-state index is 12.9. The van der Waals surface area contributed by atoms with Crippen molar-refractivity contribution in [3.05, 3.63) is 67.5 Å². The minimum Gasteiger partial charge on any atom is -0.491 e. The molecule has 7 nitrogen and oxygen atoms in total. The van der Waals surface area contributed by atoms with Gasteiger partial charge in [-0.25, -0.2) is 9.78 Å². The Hall–Kier alpha value is -2.91. The number of carbonyl (C=O) groups excluding carboxylic acids is 1. The fourth-order valence-corrected chi connectivity index (χ4v) is 5.43. The van der Waals surface area contributed by atoms with E-state index in [1.165, 1.54) is 36.5 Å². The number of rotatable bonds is 9. The number of thiazole rings is 1. The number of aryl methyl sites for hydroxylation is 1. The summed E-state index contributed by atoms with van der Waals surface area (Å²) < 4.78 is 11.3. The largest absolute Gasteiger partial charge is 0.491 e. The Balaban J connectivity index is 1.54. The van der Waals surface area contributed by atoms with E-state index in [0.29, 0.717) is 30.5 Å². The number of carboxylic acid groups (broad SMARTS) is 1. The molecule has 36 heavy (non-hydrogen) atoms. The van der Waals surface area contributed by atoms with Crippen molar-refractivity contribution in [3.63, 3.8) is 0 Å². The van der Waals surface area contributed by atoms with E-state index in [0.717, 1.165) is 40.3 Å². The maximum Gasteiger partial charge on any atom is 0.331 e. The fourth-order valence-electron chi connectivity index (χ4n) is 3.86. The van der Waals surface area contributed by atoms with Gasteiger partial charge in [-0.2, -0.15) is 0 Å². The van der Waals surface area contributed by atoms with E-state index in [1.54, 1.807) is 0 Å². The van der Waals surface area contributed by atoms with Crippen LogP contribution in [-0.4, -0.2) is 41.8 Å². The number of aliphatic carboxylic acids is 1. The van der Waals surface area contributed by atoms with Crippen molar-refractivity contribution in [1.29, 1.82) is 0 Å². The highest BCUT2D eigenvalue weighted by Gasteiger charge is 2.24. The van der Waals surface area contributed by atoms with Gasteiger partial charge >= 0.3 is 5.97 Å². The standard InChI is InChI=1S/C26H24Cl2N2O5S/c1-3-34-9-10-35-21-6-4-5-17-16(21)7-8-22-23(17)29-26(36-22)30-24(31)15-12-19(27)18(20(28)13-15)11-14(2)25(32)33/h4-6,11-13H,3,7-10H2,1-2H3,(H,32,33)(H,29,30,31). The number of carbonyl (C=O) groups is 2. The third-order valence-electron chi connectivity index (χ3n) is 5.64. The van der Waals surface area contributed by atoms with Crippen molar-refractivity contribution in [2.24, 2.45) is 0 Å². The van der Waals surface area contributed by atoms with Gasteiger partial charge < -0.3 is 14.6 Å². The zero-order chi connectivity index (χ0) is 25.8. The van der Waals surface area contributed by atoms with Gasteiger partial charge in [0.15, 0.2) is 5.13 Å². The van der Waals surface area contributed by atoms with Crippen LogP contribution in [0.15, 0.2) is 35.9 Å². The molecule has 0 radical (unpaired) electrons. The van der Waals surface area contributed by atoms with Gasteiger partial charge in [-0.05, 0) is 51.0 Å². The molecule has 0 saturated heterocycles. The van der Waals surface area contributed by atoms with Crippen molar-refractivity contribution in [2.45, 2.75) is 26.7 Å². The van der Waals surface area contributed by atoms with Crippen LogP contribution in [0.1, 0.15) is 40.2 Å². The van der Waals surface area contributed by atoms with Crippen LogP contribution in [0.5, 0.6) is 5.75 Å². The molecule has 0 atom stereocenters. The molecule has 10 heteroatoms. The molecule has 1 amide bonds. The lowest BCUT2D eigenvalue weighted by Crippen LogP contribution is -2.12. The van der Waals surface area contributed by atoms with Gasteiger partial charge in [-0.3, -0.25) is 10.1 Å². The molecule has 188 valence electrons. The first kappa shape index (κ1) is 26.2. The summed E-state index contributed by atoms with van der Waals surface area (Å²) in [6.45, 7) is 5.04. The van der Waals surface area contributed by atoms with Crippen LogP contribution in [0, 0.1) is 0 Å². The highest BCUT2D eigenvalue weighted by Crippen LogP contribution is 2.41. The number of halogens is 2. The third-order valence-corrected chi connectivity index (χ3v) is 7.29. The molecule has 1 aliphatic carbocycles. The maximum absolute atomic E-state index is 12.9. The molecule has 0 unspecified atom stereocenters.